The average molecular weight is 254 g/mol. The van der Waals surface area contributed by atoms with Crippen LogP contribution in [0.5, 0.6) is 0 Å². The van der Waals surface area contributed by atoms with Crippen LogP contribution in [-0.4, -0.2) is 14.5 Å². The Kier molecular flexibility index (Phi) is 3.40. The van der Waals surface area contributed by atoms with Gasteiger partial charge in [0.15, 0.2) is 0 Å². The van der Waals surface area contributed by atoms with E-state index in [2.05, 4.69) is 4.72 Å². The number of sulfonamides is 1. The standard InChI is InChI=1S/C12H18N2O2S/c1-9(10-6-7-10)14-17(15,16)8-11-4-2-3-5-12(11)13/h2-5,9-10,14H,6-8,13H2,1H3. The molecule has 4 nitrogen and oxygen atoms in total. The minimum atomic E-state index is -3.29. The first kappa shape index (κ1) is 12.4. The van der Waals surface area contributed by atoms with Gasteiger partial charge in [0.2, 0.25) is 10.0 Å². The molecule has 0 bridgehead atoms. The lowest BCUT2D eigenvalue weighted by molar-refractivity contribution is 0.537. The lowest BCUT2D eigenvalue weighted by Crippen LogP contribution is -2.35. The van der Waals surface area contributed by atoms with Crippen LogP contribution in [0.25, 0.3) is 0 Å². The number of rotatable bonds is 5. The van der Waals surface area contributed by atoms with Gasteiger partial charge in [-0.3, -0.25) is 0 Å². The first-order chi connectivity index (χ1) is 7.98. The van der Waals surface area contributed by atoms with Crippen LogP contribution in [-0.2, 0) is 15.8 Å². The summed E-state index contributed by atoms with van der Waals surface area (Å²) in [6.45, 7) is 1.92. The van der Waals surface area contributed by atoms with Gasteiger partial charge in [0, 0.05) is 11.7 Å². The lowest BCUT2D eigenvalue weighted by Gasteiger charge is -2.13. The molecule has 0 aromatic heterocycles. The molecule has 1 aliphatic carbocycles. The number of nitrogens with one attached hydrogen (secondary N) is 1. The Labute approximate surface area is 102 Å². The van der Waals surface area contributed by atoms with Crippen LogP contribution in [0, 0.1) is 5.92 Å². The van der Waals surface area contributed by atoms with Gasteiger partial charge in [-0.05, 0) is 37.3 Å². The average Bonchev–Trinajstić information content (AvgIpc) is 3.03. The summed E-state index contributed by atoms with van der Waals surface area (Å²) in [5, 5.41) is 0. The first-order valence-corrected chi connectivity index (χ1v) is 7.46. The zero-order chi connectivity index (χ0) is 12.5. The Morgan fingerprint density at radius 2 is 2.06 bits per heavy atom. The number of anilines is 1. The number of para-hydroxylation sites is 1. The van der Waals surface area contributed by atoms with Crippen LogP contribution in [0.3, 0.4) is 0 Å². The van der Waals surface area contributed by atoms with E-state index in [9.17, 15) is 8.42 Å². The fourth-order valence-corrected chi connectivity index (χ4v) is 3.40. The van der Waals surface area contributed by atoms with Crippen LogP contribution in [0.2, 0.25) is 0 Å². The molecule has 1 fully saturated rings. The van der Waals surface area contributed by atoms with Crippen molar-refractivity contribution in [3.05, 3.63) is 29.8 Å². The van der Waals surface area contributed by atoms with Crippen LogP contribution >= 0.6 is 0 Å². The van der Waals surface area contributed by atoms with Gasteiger partial charge < -0.3 is 5.73 Å². The topological polar surface area (TPSA) is 72.2 Å². The second-order valence-electron chi connectivity index (χ2n) is 4.70. The molecule has 1 atom stereocenters. The van der Waals surface area contributed by atoms with E-state index in [4.69, 9.17) is 5.73 Å². The maximum absolute atomic E-state index is 11.9. The highest BCUT2D eigenvalue weighted by Gasteiger charge is 2.30. The highest BCUT2D eigenvalue weighted by molar-refractivity contribution is 7.88. The number of nitrogens with two attached hydrogens (primary N) is 1. The molecular formula is C12H18N2O2S. The summed E-state index contributed by atoms with van der Waals surface area (Å²) in [7, 11) is -3.29. The van der Waals surface area contributed by atoms with E-state index in [1.54, 1.807) is 24.3 Å². The molecular weight excluding hydrogens is 236 g/mol. The molecule has 2 rings (SSSR count). The van der Waals surface area contributed by atoms with Crippen molar-refractivity contribution in [2.24, 2.45) is 5.92 Å². The molecule has 17 heavy (non-hydrogen) atoms. The Morgan fingerprint density at radius 3 is 2.65 bits per heavy atom. The third kappa shape index (κ3) is 3.44. The second-order valence-corrected chi connectivity index (χ2v) is 6.46. The Balaban J connectivity index is 2.04. The van der Waals surface area contributed by atoms with Crippen molar-refractivity contribution in [3.63, 3.8) is 0 Å². The van der Waals surface area contributed by atoms with Gasteiger partial charge in [-0.15, -0.1) is 0 Å². The molecule has 1 aromatic carbocycles. The zero-order valence-electron chi connectivity index (χ0n) is 9.89. The number of benzene rings is 1. The predicted octanol–water partition coefficient (Wildman–Crippen LogP) is 1.49. The maximum Gasteiger partial charge on any atom is 0.216 e. The molecule has 0 aliphatic heterocycles. The van der Waals surface area contributed by atoms with Crippen LogP contribution in [0.4, 0.5) is 5.69 Å². The molecule has 0 radical (unpaired) electrons. The van der Waals surface area contributed by atoms with Gasteiger partial charge in [0.25, 0.3) is 0 Å². The normalized spacial score (nSPS) is 17.9. The fourth-order valence-electron chi connectivity index (χ4n) is 1.89. The molecule has 0 saturated heterocycles. The molecule has 5 heteroatoms. The number of hydrogen-bond donors (Lipinski definition) is 2. The highest BCUT2D eigenvalue weighted by Crippen LogP contribution is 2.32. The van der Waals surface area contributed by atoms with Crippen molar-refractivity contribution in [2.45, 2.75) is 31.6 Å². The maximum atomic E-state index is 11.9. The fraction of sp³-hybridized carbons (Fsp3) is 0.500. The first-order valence-electron chi connectivity index (χ1n) is 5.81. The van der Waals surface area contributed by atoms with Gasteiger partial charge >= 0.3 is 0 Å². The second kappa shape index (κ2) is 4.66. The van der Waals surface area contributed by atoms with Crippen molar-refractivity contribution in [2.75, 3.05) is 5.73 Å². The molecule has 1 aliphatic rings. The molecule has 0 heterocycles. The Hall–Kier alpha value is -1.07. The van der Waals surface area contributed by atoms with Gasteiger partial charge in [0.05, 0.1) is 5.75 Å². The predicted molar refractivity (Wildman–Crippen MR) is 68.8 cm³/mol. The van der Waals surface area contributed by atoms with E-state index in [1.807, 2.05) is 6.92 Å². The zero-order valence-corrected chi connectivity index (χ0v) is 10.7. The summed E-state index contributed by atoms with van der Waals surface area (Å²) in [5.74, 6) is 0.467. The molecule has 0 spiro atoms. The number of nitrogen functional groups attached to an aromatic ring is 1. The third-order valence-electron chi connectivity index (χ3n) is 3.10. The Bertz CT molecular complexity index is 495. The summed E-state index contributed by atoms with van der Waals surface area (Å²) >= 11 is 0. The van der Waals surface area contributed by atoms with Gasteiger partial charge in [-0.2, -0.15) is 0 Å². The van der Waals surface area contributed by atoms with E-state index in [1.165, 1.54) is 0 Å². The van der Waals surface area contributed by atoms with E-state index in [-0.39, 0.29) is 11.8 Å². The van der Waals surface area contributed by atoms with Crippen LogP contribution in [0.15, 0.2) is 24.3 Å². The van der Waals surface area contributed by atoms with Gasteiger partial charge in [-0.25, -0.2) is 13.1 Å². The minimum absolute atomic E-state index is 0.0323. The largest absolute Gasteiger partial charge is 0.398 e. The summed E-state index contributed by atoms with van der Waals surface area (Å²) in [6, 6.07) is 7.09. The van der Waals surface area contributed by atoms with Crippen molar-refractivity contribution >= 4 is 15.7 Å². The van der Waals surface area contributed by atoms with Gasteiger partial charge in [0.1, 0.15) is 0 Å². The summed E-state index contributed by atoms with van der Waals surface area (Å²) < 4.78 is 26.6. The van der Waals surface area contributed by atoms with E-state index < -0.39 is 10.0 Å². The van der Waals surface area contributed by atoms with Crippen molar-refractivity contribution in [1.29, 1.82) is 0 Å². The molecule has 1 unspecified atom stereocenters. The molecule has 1 saturated carbocycles. The third-order valence-corrected chi connectivity index (χ3v) is 4.52. The molecule has 0 amide bonds. The van der Waals surface area contributed by atoms with E-state index in [0.717, 1.165) is 12.8 Å². The SMILES string of the molecule is CC(NS(=O)(=O)Cc1ccccc1N)C1CC1. The lowest BCUT2D eigenvalue weighted by atomic mass is 10.2. The molecule has 1 aromatic rings. The van der Waals surface area contributed by atoms with Crippen LogP contribution < -0.4 is 10.5 Å². The molecule has 94 valence electrons. The van der Waals surface area contributed by atoms with Crippen LogP contribution in [0.1, 0.15) is 25.3 Å². The number of hydrogen-bond acceptors (Lipinski definition) is 3. The molecule has 3 N–H and O–H groups in total. The van der Waals surface area contributed by atoms with E-state index >= 15 is 0 Å². The summed E-state index contributed by atoms with van der Waals surface area (Å²) in [5.41, 5.74) is 6.92. The van der Waals surface area contributed by atoms with E-state index in [0.29, 0.717) is 17.2 Å². The Morgan fingerprint density at radius 1 is 1.41 bits per heavy atom. The van der Waals surface area contributed by atoms with Crippen molar-refractivity contribution in [1.82, 2.24) is 4.72 Å². The summed E-state index contributed by atoms with van der Waals surface area (Å²) in [6.07, 6.45) is 2.24. The summed E-state index contributed by atoms with van der Waals surface area (Å²) in [4.78, 5) is 0. The highest BCUT2D eigenvalue weighted by atomic mass is 32.2. The van der Waals surface area contributed by atoms with Crippen molar-refractivity contribution in [3.8, 4) is 0 Å². The van der Waals surface area contributed by atoms with Gasteiger partial charge in [-0.1, -0.05) is 18.2 Å². The van der Waals surface area contributed by atoms with Crippen molar-refractivity contribution < 1.29 is 8.42 Å². The monoisotopic (exact) mass is 254 g/mol. The quantitative estimate of drug-likeness (QED) is 0.782. The minimum Gasteiger partial charge on any atom is -0.398 e. The smallest absolute Gasteiger partial charge is 0.216 e.